The van der Waals surface area contributed by atoms with Crippen LogP contribution in [0.15, 0.2) is 30.3 Å². The van der Waals surface area contributed by atoms with Gasteiger partial charge in [-0.2, -0.15) is 0 Å². The van der Waals surface area contributed by atoms with E-state index in [1.54, 1.807) is 0 Å². The van der Waals surface area contributed by atoms with Crippen molar-refractivity contribution in [3.8, 4) is 0 Å². The van der Waals surface area contributed by atoms with Crippen LogP contribution in [0.2, 0.25) is 5.32 Å². The molecule has 1 aromatic carbocycles. The summed E-state index contributed by atoms with van der Waals surface area (Å²) in [4.78, 5) is 0. The molecule has 0 spiro atoms. The van der Waals surface area contributed by atoms with Crippen LogP contribution < -0.4 is 4.46 Å². The van der Waals surface area contributed by atoms with E-state index in [-0.39, 0.29) is 15.0 Å². The van der Waals surface area contributed by atoms with Gasteiger partial charge in [0.15, 0.2) is 0 Å². The fourth-order valence-corrected chi connectivity index (χ4v) is 3.26. The Kier molecular flexibility index (Phi) is 5.96. The first-order chi connectivity index (χ1) is 7.24. The number of aliphatic hydroxyl groups excluding tert-OH is 2. The summed E-state index contributed by atoms with van der Waals surface area (Å²) in [6, 6.07) is 10.1. The minimum absolute atomic E-state index is 0.259. The first kappa shape index (κ1) is 12.7. The third kappa shape index (κ3) is 4.80. The molecule has 0 aromatic heterocycles. The first-order valence-electron chi connectivity index (χ1n) is 5.28. The van der Waals surface area contributed by atoms with Crippen molar-refractivity contribution < 1.29 is 10.2 Å². The summed E-state index contributed by atoms with van der Waals surface area (Å²) in [6.45, 7) is 2.01. The Morgan fingerprint density at radius 1 is 1.13 bits per heavy atom. The molecule has 0 radical (unpaired) electrons. The second-order valence-corrected chi connectivity index (χ2v) is 5.84. The van der Waals surface area contributed by atoms with E-state index in [1.165, 1.54) is 4.46 Å². The summed E-state index contributed by atoms with van der Waals surface area (Å²) in [5.74, 6) is 0. The number of rotatable bonds is 6. The molecule has 0 saturated heterocycles. The Labute approximate surface area is 97.5 Å². The van der Waals surface area contributed by atoms with Gasteiger partial charge in [-0.1, -0.05) is 0 Å². The zero-order chi connectivity index (χ0) is 11.1. The molecule has 0 aliphatic heterocycles. The van der Waals surface area contributed by atoms with Gasteiger partial charge in [0.1, 0.15) is 0 Å². The summed E-state index contributed by atoms with van der Waals surface area (Å²) >= 11 is 0.259. The standard InChI is InChI=1S/C12H18O2Se/c1-2-6-11(13)12(14)9-15-10-7-4-3-5-8-10/h3-5,7-8,11-14H,2,6,9H2,1H3/t11-,12-/m0/s1. The second-order valence-electron chi connectivity index (χ2n) is 3.55. The van der Waals surface area contributed by atoms with Crippen molar-refractivity contribution in [3.63, 3.8) is 0 Å². The maximum absolute atomic E-state index is 9.68. The molecule has 0 amide bonds. The molecule has 1 rings (SSSR count). The molecular weight excluding hydrogens is 255 g/mol. The zero-order valence-electron chi connectivity index (χ0n) is 8.97. The summed E-state index contributed by atoms with van der Waals surface area (Å²) in [5.41, 5.74) is 0. The third-order valence-corrected chi connectivity index (χ3v) is 4.53. The summed E-state index contributed by atoms with van der Waals surface area (Å²) in [7, 11) is 0. The van der Waals surface area contributed by atoms with Crippen molar-refractivity contribution in [2.45, 2.75) is 37.3 Å². The fourth-order valence-electron chi connectivity index (χ4n) is 1.30. The van der Waals surface area contributed by atoms with Crippen molar-refractivity contribution in [1.82, 2.24) is 0 Å². The maximum atomic E-state index is 9.68. The van der Waals surface area contributed by atoms with Crippen LogP contribution in [-0.4, -0.2) is 37.4 Å². The van der Waals surface area contributed by atoms with E-state index in [0.29, 0.717) is 11.7 Å². The van der Waals surface area contributed by atoms with Gasteiger partial charge in [0, 0.05) is 0 Å². The molecule has 0 bridgehead atoms. The van der Waals surface area contributed by atoms with Crippen molar-refractivity contribution in [2.24, 2.45) is 0 Å². The Morgan fingerprint density at radius 3 is 2.40 bits per heavy atom. The molecule has 1 aromatic rings. The SMILES string of the molecule is CCC[C@H](O)[C@@H](O)C[Se]c1ccccc1. The number of hydrogen-bond donors (Lipinski definition) is 2. The van der Waals surface area contributed by atoms with E-state index in [0.717, 1.165) is 6.42 Å². The van der Waals surface area contributed by atoms with Crippen LogP contribution >= 0.6 is 0 Å². The quantitative estimate of drug-likeness (QED) is 0.758. The van der Waals surface area contributed by atoms with Crippen molar-refractivity contribution in [1.29, 1.82) is 0 Å². The van der Waals surface area contributed by atoms with Gasteiger partial charge in [-0.15, -0.1) is 0 Å². The summed E-state index contributed by atoms with van der Waals surface area (Å²) < 4.78 is 1.27. The molecule has 0 aliphatic rings. The van der Waals surface area contributed by atoms with E-state index in [2.05, 4.69) is 12.1 Å². The van der Waals surface area contributed by atoms with Gasteiger partial charge < -0.3 is 0 Å². The minimum atomic E-state index is -0.565. The summed E-state index contributed by atoms with van der Waals surface area (Å²) in [5, 5.41) is 19.9. The normalized spacial score (nSPS) is 14.9. The molecular formula is C12H18O2Se. The van der Waals surface area contributed by atoms with E-state index < -0.39 is 12.2 Å². The molecule has 2 nitrogen and oxygen atoms in total. The van der Waals surface area contributed by atoms with Gasteiger partial charge >= 0.3 is 97.3 Å². The van der Waals surface area contributed by atoms with Crippen LogP contribution in [-0.2, 0) is 0 Å². The van der Waals surface area contributed by atoms with Gasteiger partial charge in [-0.25, -0.2) is 0 Å². The summed E-state index contributed by atoms with van der Waals surface area (Å²) in [6.07, 6.45) is 0.480. The zero-order valence-corrected chi connectivity index (χ0v) is 10.7. The van der Waals surface area contributed by atoms with Gasteiger partial charge in [0.05, 0.1) is 0 Å². The van der Waals surface area contributed by atoms with Crippen molar-refractivity contribution in [2.75, 3.05) is 0 Å². The Morgan fingerprint density at radius 2 is 1.80 bits per heavy atom. The molecule has 2 N–H and O–H groups in total. The molecule has 15 heavy (non-hydrogen) atoms. The van der Waals surface area contributed by atoms with Crippen molar-refractivity contribution in [3.05, 3.63) is 30.3 Å². The van der Waals surface area contributed by atoms with Gasteiger partial charge in [0.25, 0.3) is 0 Å². The monoisotopic (exact) mass is 274 g/mol. The molecule has 0 saturated carbocycles. The molecule has 0 heterocycles. The Balaban J connectivity index is 2.31. The molecule has 84 valence electrons. The number of aliphatic hydroxyl groups is 2. The second kappa shape index (κ2) is 7.02. The fraction of sp³-hybridized carbons (Fsp3) is 0.500. The number of benzene rings is 1. The van der Waals surface area contributed by atoms with Crippen LogP contribution in [0.5, 0.6) is 0 Å². The topological polar surface area (TPSA) is 40.5 Å². The van der Waals surface area contributed by atoms with Crippen molar-refractivity contribution >= 4 is 19.4 Å². The van der Waals surface area contributed by atoms with Gasteiger partial charge in [-0.3, -0.25) is 0 Å². The van der Waals surface area contributed by atoms with Gasteiger partial charge in [-0.05, 0) is 0 Å². The average Bonchev–Trinajstić information content (AvgIpc) is 2.27. The van der Waals surface area contributed by atoms with Crippen LogP contribution in [0.1, 0.15) is 19.8 Å². The first-order valence-corrected chi connectivity index (χ1v) is 7.34. The van der Waals surface area contributed by atoms with E-state index >= 15 is 0 Å². The Bertz CT molecular complexity index is 264. The van der Waals surface area contributed by atoms with Crippen LogP contribution in [0.4, 0.5) is 0 Å². The average molecular weight is 273 g/mol. The molecule has 3 heteroatoms. The molecule has 2 atom stereocenters. The van der Waals surface area contributed by atoms with Crippen LogP contribution in [0.25, 0.3) is 0 Å². The molecule has 0 aliphatic carbocycles. The predicted octanol–water partition coefficient (Wildman–Crippen LogP) is 0.956. The Hall–Kier alpha value is -0.341. The third-order valence-electron chi connectivity index (χ3n) is 2.19. The predicted molar refractivity (Wildman–Crippen MR) is 63.6 cm³/mol. The van der Waals surface area contributed by atoms with Gasteiger partial charge in [0.2, 0.25) is 0 Å². The van der Waals surface area contributed by atoms with E-state index in [9.17, 15) is 10.2 Å². The van der Waals surface area contributed by atoms with Crippen LogP contribution in [0.3, 0.4) is 0 Å². The molecule has 0 fully saturated rings. The van der Waals surface area contributed by atoms with Crippen LogP contribution in [0, 0.1) is 0 Å². The molecule has 0 unspecified atom stereocenters. The van der Waals surface area contributed by atoms with E-state index in [4.69, 9.17) is 0 Å². The number of hydrogen-bond acceptors (Lipinski definition) is 2. The van der Waals surface area contributed by atoms with E-state index in [1.807, 2.05) is 25.1 Å².